The Balaban J connectivity index is 1.87. The Morgan fingerprint density at radius 3 is 2.50 bits per heavy atom. The fourth-order valence-electron chi connectivity index (χ4n) is 2.09. The van der Waals surface area contributed by atoms with E-state index in [1.54, 1.807) is 17.1 Å². The molecule has 1 aromatic heterocycles. The van der Waals surface area contributed by atoms with Crippen LogP contribution >= 0.6 is 0 Å². The second-order valence-electron chi connectivity index (χ2n) is 6.90. The first-order valence-corrected chi connectivity index (χ1v) is 7.96. The molecule has 0 aliphatic heterocycles. The van der Waals surface area contributed by atoms with Gasteiger partial charge in [-0.25, -0.2) is 9.48 Å². The third kappa shape index (κ3) is 4.79. The van der Waals surface area contributed by atoms with Crippen LogP contribution in [0.1, 0.15) is 39.3 Å². The molecule has 2 unspecified atom stereocenters. The minimum Gasteiger partial charge on any atom is -0.391 e. The molecule has 2 amide bonds. The van der Waals surface area contributed by atoms with E-state index < -0.39 is 6.10 Å². The maximum Gasteiger partial charge on any atom is 0.315 e. The predicted octanol–water partition coefficient (Wildman–Crippen LogP) is 2.03. The molecule has 3 N–H and O–H groups in total. The number of benzene rings is 1. The average Bonchev–Trinajstić information content (AvgIpc) is 3.06. The van der Waals surface area contributed by atoms with Gasteiger partial charge in [-0.15, -0.1) is 5.10 Å². The zero-order chi connectivity index (χ0) is 17.7. The molecular formula is C17H25N5O2. The molecule has 130 valence electrons. The van der Waals surface area contributed by atoms with Crippen molar-refractivity contribution in [1.82, 2.24) is 25.6 Å². The molecule has 2 rings (SSSR count). The Morgan fingerprint density at radius 2 is 1.96 bits per heavy atom. The number of carbonyl (C=O) groups excluding carboxylic acids is 1. The summed E-state index contributed by atoms with van der Waals surface area (Å²) in [6.07, 6.45) is 2.79. The van der Waals surface area contributed by atoms with Crippen LogP contribution in [0.25, 0.3) is 5.69 Å². The van der Waals surface area contributed by atoms with Crippen LogP contribution in [0.15, 0.2) is 36.7 Å². The zero-order valence-corrected chi connectivity index (χ0v) is 14.5. The van der Waals surface area contributed by atoms with Gasteiger partial charge in [0.2, 0.25) is 0 Å². The van der Waals surface area contributed by atoms with Crippen molar-refractivity contribution < 1.29 is 9.90 Å². The van der Waals surface area contributed by atoms with Crippen molar-refractivity contribution >= 4 is 6.03 Å². The van der Waals surface area contributed by atoms with E-state index in [9.17, 15) is 9.90 Å². The van der Waals surface area contributed by atoms with Crippen molar-refractivity contribution in [3.63, 3.8) is 0 Å². The van der Waals surface area contributed by atoms with Crippen LogP contribution in [0.3, 0.4) is 0 Å². The number of carbonyl (C=O) groups is 1. The van der Waals surface area contributed by atoms with Crippen molar-refractivity contribution in [2.45, 2.75) is 39.8 Å². The largest absolute Gasteiger partial charge is 0.391 e. The summed E-state index contributed by atoms with van der Waals surface area (Å²) in [5.41, 5.74) is 1.61. The van der Waals surface area contributed by atoms with Gasteiger partial charge in [0.15, 0.2) is 0 Å². The Kier molecular flexibility index (Phi) is 5.56. The lowest BCUT2D eigenvalue weighted by Gasteiger charge is -2.26. The van der Waals surface area contributed by atoms with Crippen LogP contribution in [0, 0.1) is 5.41 Å². The Morgan fingerprint density at radius 1 is 1.29 bits per heavy atom. The predicted molar refractivity (Wildman–Crippen MR) is 91.8 cm³/mol. The number of aliphatic hydroxyl groups excluding tert-OH is 1. The smallest absolute Gasteiger partial charge is 0.315 e. The lowest BCUT2D eigenvalue weighted by Crippen LogP contribution is -2.44. The quantitative estimate of drug-likeness (QED) is 0.782. The summed E-state index contributed by atoms with van der Waals surface area (Å²) in [6, 6.07) is 7.26. The highest BCUT2D eigenvalue weighted by molar-refractivity contribution is 5.74. The average molecular weight is 331 g/mol. The first kappa shape index (κ1) is 17.9. The van der Waals surface area contributed by atoms with Crippen LogP contribution in [0.4, 0.5) is 4.79 Å². The molecule has 24 heavy (non-hydrogen) atoms. The first-order chi connectivity index (χ1) is 11.3. The minimum atomic E-state index is -0.597. The Hall–Kier alpha value is -2.41. The molecule has 1 aromatic carbocycles. The lowest BCUT2D eigenvalue weighted by atomic mass is 9.89. The summed E-state index contributed by atoms with van der Waals surface area (Å²) >= 11 is 0. The van der Waals surface area contributed by atoms with E-state index in [0.29, 0.717) is 0 Å². The van der Waals surface area contributed by atoms with Crippen molar-refractivity contribution in [3.05, 3.63) is 42.2 Å². The number of urea groups is 1. The third-order valence-electron chi connectivity index (χ3n) is 3.88. The topological polar surface area (TPSA) is 92.1 Å². The van der Waals surface area contributed by atoms with Gasteiger partial charge < -0.3 is 15.7 Å². The summed E-state index contributed by atoms with van der Waals surface area (Å²) in [5.74, 6) is 0. The molecular weight excluding hydrogens is 306 g/mol. The SMILES string of the molecule is CC(NC(=O)NCC(O)C(C)(C)C)c1ccc(-n2ccnn2)cc1. The number of hydrogen-bond donors (Lipinski definition) is 3. The van der Waals surface area contributed by atoms with Crippen LogP contribution < -0.4 is 10.6 Å². The van der Waals surface area contributed by atoms with Gasteiger partial charge in [-0.1, -0.05) is 38.1 Å². The molecule has 0 saturated heterocycles. The standard InChI is InChI=1S/C17H25N5O2/c1-12(20-16(24)18-11-15(23)17(2,3)4)13-5-7-14(8-6-13)22-10-9-19-21-22/h5-10,12,15,23H,11H2,1-4H3,(H2,18,20,24). The summed E-state index contributed by atoms with van der Waals surface area (Å²) < 4.78 is 1.67. The van der Waals surface area contributed by atoms with E-state index in [0.717, 1.165) is 11.3 Å². The molecule has 0 saturated carbocycles. The highest BCUT2D eigenvalue weighted by Crippen LogP contribution is 2.18. The molecule has 0 bridgehead atoms. The molecule has 0 aliphatic carbocycles. The van der Waals surface area contributed by atoms with E-state index >= 15 is 0 Å². The number of nitrogens with zero attached hydrogens (tertiary/aromatic N) is 3. The summed E-state index contributed by atoms with van der Waals surface area (Å²) in [6.45, 7) is 7.90. The maximum atomic E-state index is 12.0. The van der Waals surface area contributed by atoms with Crippen molar-refractivity contribution in [1.29, 1.82) is 0 Å². The fourth-order valence-corrected chi connectivity index (χ4v) is 2.09. The van der Waals surface area contributed by atoms with E-state index in [1.807, 2.05) is 52.0 Å². The first-order valence-electron chi connectivity index (χ1n) is 7.96. The molecule has 7 nitrogen and oxygen atoms in total. The van der Waals surface area contributed by atoms with Crippen LogP contribution in [-0.2, 0) is 0 Å². The van der Waals surface area contributed by atoms with Crippen LogP contribution in [0.2, 0.25) is 0 Å². The van der Waals surface area contributed by atoms with E-state index in [-0.39, 0.29) is 24.0 Å². The Labute approximate surface area is 142 Å². The molecule has 2 aromatic rings. The number of hydrogen-bond acceptors (Lipinski definition) is 4. The van der Waals surface area contributed by atoms with Crippen LogP contribution in [-0.4, -0.2) is 38.8 Å². The summed E-state index contributed by atoms with van der Waals surface area (Å²) in [4.78, 5) is 12.0. The Bertz CT molecular complexity index is 647. The number of nitrogens with one attached hydrogen (secondary N) is 2. The number of aliphatic hydroxyl groups is 1. The molecule has 0 radical (unpaired) electrons. The summed E-state index contributed by atoms with van der Waals surface area (Å²) in [7, 11) is 0. The van der Waals surface area contributed by atoms with Crippen molar-refractivity contribution in [2.24, 2.45) is 5.41 Å². The highest BCUT2D eigenvalue weighted by Gasteiger charge is 2.22. The van der Waals surface area contributed by atoms with Crippen molar-refractivity contribution in [3.8, 4) is 5.69 Å². The number of rotatable bonds is 5. The van der Waals surface area contributed by atoms with Gasteiger partial charge in [-0.05, 0) is 30.0 Å². The second kappa shape index (κ2) is 7.44. The lowest BCUT2D eigenvalue weighted by molar-refractivity contribution is 0.0649. The van der Waals surface area contributed by atoms with Gasteiger partial charge in [-0.3, -0.25) is 0 Å². The van der Waals surface area contributed by atoms with Gasteiger partial charge >= 0.3 is 6.03 Å². The molecule has 7 heteroatoms. The molecule has 0 aliphatic rings. The van der Waals surface area contributed by atoms with Gasteiger partial charge in [0.1, 0.15) is 0 Å². The van der Waals surface area contributed by atoms with E-state index in [2.05, 4.69) is 20.9 Å². The minimum absolute atomic E-state index is 0.151. The van der Waals surface area contributed by atoms with E-state index in [1.165, 1.54) is 0 Å². The maximum absolute atomic E-state index is 12.0. The van der Waals surface area contributed by atoms with Crippen LogP contribution in [0.5, 0.6) is 0 Å². The highest BCUT2D eigenvalue weighted by atomic mass is 16.3. The number of amides is 2. The second-order valence-corrected chi connectivity index (χ2v) is 6.90. The third-order valence-corrected chi connectivity index (χ3v) is 3.88. The van der Waals surface area contributed by atoms with Gasteiger partial charge in [0, 0.05) is 6.54 Å². The van der Waals surface area contributed by atoms with Gasteiger partial charge in [0.05, 0.1) is 30.2 Å². The molecule has 2 atom stereocenters. The molecule has 0 spiro atoms. The van der Waals surface area contributed by atoms with E-state index in [4.69, 9.17) is 0 Å². The zero-order valence-electron chi connectivity index (χ0n) is 14.5. The monoisotopic (exact) mass is 331 g/mol. The van der Waals surface area contributed by atoms with Gasteiger partial charge in [0.25, 0.3) is 0 Å². The van der Waals surface area contributed by atoms with Crippen molar-refractivity contribution in [2.75, 3.05) is 6.54 Å². The van der Waals surface area contributed by atoms with Gasteiger partial charge in [-0.2, -0.15) is 0 Å². The normalized spacial score (nSPS) is 14.0. The number of aromatic nitrogens is 3. The fraction of sp³-hybridized carbons (Fsp3) is 0.471. The summed E-state index contributed by atoms with van der Waals surface area (Å²) in [5, 5.41) is 23.2. The molecule has 1 heterocycles. The molecule has 0 fully saturated rings.